The van der Waals surface area contributed by atoms with Crippen molar-refractivity contribution >= 4 is 38.7 Å². The summed E-state index contributed by atoms with van der Waals surface area (Å²) in [6, 6.07) is 13.2. The van der Waals surface area contributed by atoms with Crippen LogP contribution in [0.3, 0.4) is 0 Å². The van der Waals surface area contributed by atoms with Crippen LogP contribution in [0.15, 0.2) is 65.6 Å². The van der Waals surface area contributed by atoms with Crippen LogP contribution >= 0.6 is 12.2 Å². The Labute approximate surface area is 159 Å². The molecule has 0 radical (unpaired) electrons. The average molecular weight is 392 g/mol. The summed E-state index contributed by atoms with van der Waals surface area (Å²) in [5, 5.41) is 6.33. The lowest BCUT2D eigenvalue weighted by atomic mass is 10.3. The standard InChI is InChI=1S/C18H21N3O3S2/c1-13(2)12-19-18(25)20-14-7-6-8-15(11-14)26(22,23)21-16-9-4-5-10-17(16)24-3/h4-11,21H,1,12H2,2-3H3,(H2,19,20,25). The molecule has 0 aromatic heterocycles. The molecular formula is C18H21N3O3S2. The van der Waals surface area contributed by atoms with E-state index in [2.05, 4.69) is 21.9 Å². The average Bonchev–Trinajstić information content (AvgIpc) is 2.60. The predicted octanol–water partition coefficient (Wildman–Crippen LogP) is 3.36. The SMILES string of the molecule is C=C(C)CNC(=S)Nc1cccc(S(=O)(=O)Nc2ccccc2OC)c1. The molecule has 0 aliphatic rings. The van der Waals surface area contributed by atoms with Crippen molar-refractivity contribution in [2.24, 2.45) is 0 Å². The van der Waals surface area contributed by atoms with Gasteiger partial charge in [0.15, 0.2) is 5.11 Å². The summed E-state index contributed by atoms with van der Waals surface area (Å²) in [6.07, 6.45) is 0. The number of sulfonamides is 1. The summed E-state index contributed by atoms with van der Waals surface area (Å²) in [6.45, 7) is 6.21. The molecule has 0 aliphatic heterocycles. The number of hydrogen-bond donors (Lipinski definition) is 3. The van der Waals surface area contributed by atoms with Gasteiger partial charge in [-0.05, 0) is 49.5 Å². The lowest BCUT2D eigenvalue weighted by Gasteiger charge is -2.13. The molecule has 0 bridgehead atoms. The quantitative estimate of drug-likeness (QED) is 0.496. The van der Waals surface area contributed by atoms with Crippen LogP contribution in [-0.4, -0.2) is 27.2 Å². The van der Waals surface area contributed by atoms with E-state index < -0.39 is 10.0 Å². The number of nitrogens with one attached hydrogen (secondary N) is 3. The van der Waals surface area contributed by atoms with Crippen LogP contribution in [0.2, 0.25) is 0 Å². The molecule has 6 nitrogen and oxygen atoms in total. The van der Waals surface area contributed by atoms with Crippen LogP contribution in [0.1, 0.15) is 6.92 Å². The van der Waals surface area contributed by atoms with E-state index in [0.717, 1.165) is 5.57 Å². The smallest absolute Gasteiger partial charge is 0.262 e. The monoisotopic (exact) mass is 391 g/mol. The number of methoxy groups -OCH3 is 1. The fraction of sp³-hybridized carbons (Fsp3) is 0.167. The molecule has 138 valence electrons. The van der Waals surface area contributed by atoms with Crippen molar-refractivity contribution in [3.63, 3.8) is 0 Å². The minimum Gasteiger partial charge on any atom is -0.495 e. The normalized spacial score (nSPS) is 10.7. The third-order valence-electron chi connectivity index (χ3n) is 3.30. The Morgan fingerprint density at radius 1 is 1.19 bits per heavy atom. The number of rotatable bonds is 7. The van der Waals surface area contributed by atoms with Gasteiger partial charge in [0, 0.05) is 12.2 Å². The Morgan fingerprint density at radius 3 is 2.62 bits per heavy atom. The van der Waals surface area contributed by atoms with Gasteiger partial charge >= 0.3 is 0 Å². The van der Waals surface area contributed by atoms with Crippen LogP contribution < -0.4 is 20.1 Å². The fourth-order valence-corrected chi connectivity index (χ4v) is 3.39. The van der Waals surface area contributed by atoms with Gasteiger partial charge in [0.1, 0.15) is 5.75 Å². The topological polar surface area (TPSA) is 79.5 Å². The summed E-state index contributed by atoms with van der Waals surface area (Å²) < 4.78 is 33.0. The Bertz CT molecular complexity index is 911. The van der Waals surface area contributed by atoms with Crippen LogP contribution in [0.25, 0.3) is 0 Å². The van der Waals surface area contributed by atoms with Gasteiger partial charge in [0.05, 0.1) is 17.7 Å². The van der Waals surface area contributed by atoms with Gasteiger partial charge in [-0.2, -0.15) is 0 Å². The minimum absolute atomic E-state index is 0.108. The molecule has 2 aromatic rings. The lowest BCUT2D eigenvalue weighted by Crippen LogP contribution is -2.29. The van der Waals surface area contributed by atoms with Crippen LogP contribution in [0.4, 0.5) is 11.4 Å². The molecule has 0 heterocycles. The van der Waals surface area contributed by atoms with Crippen LogP contribution in [0, 0.1) is 0 Å². The maximum atomic E-state index is 12.7. The number of para-hydroxylation sites is 2. The van der Waals surface area contributed by atoms with Gasteiger partial charge in [0.2, 0.25) is 0 Å². The number of anilines is 2. The van der Waals surface area contributed by atoms with Crippen molar-refractivity contribution in [1.82, 2.24) is 5.32 Å². The van der Waals surface area contributed by atoms with Gasteiger partial charge in [-0.25, -0.2) is 8.42 Å². The summed E-state index contributed by atoms with van der Waals surface area (Å²) >= 11 is 5.18. The first kappa shape index (κ1) is 19.7. The molecule has 0 atom stereocenters. The maximum absolute atomic E-state index is 12.7. The van der Waals surface area contributed by atoms with Gasteiger partial charge in [-0.3, -0.25) is 4.72 Å². The molecule has 0 spiro atoms. The molecule has 8 heteroatoms. The van der Waals surface area contributed by atoms with Crippen molar-refractivity contribution < 1.29 is 13.2 Å². The van der Waals surface area contributed by atoms with Gasteiger partial charge in [-0.15, -0.1) is 0 Å². The summed E-state index contributed by atoms with van der Waals surface area (Å²) in [5.74, 6) is 0.440. The third-order valence-corrected chi connectivity index (χ3v) is 4.91. The van der Waals surface area contributed by atoms with Gasteiger partial charge in [-0.1, -0.05) is 30.4 Å². The molecule has 0 unspecified atom stereocenters. The fourth-order valence-electron chi connectivity index (χ4n) is 2.08. The second kappa shape index (κ2) is 8.68. The lowest BCUT2D eigenvalue weighted by molar-refractivity contribution is 0.417. The van der Waals surface area contributed by atoms with E-state index in [1.165, 1.54) is 19.2 Å². The minimum atomic E-state index is -3.78. The zero-order valence-electron chi connectivity index (χ0n) is 14.6. The van der Waals surface area contributed by atoms with Crippen molar-refractivity contribution in [3.8, 4) is 5.75 Å². The molecule has 0 amide bonds. The summed E-state index contributed by atoms with van der Waals surface area (Å²) in [4.78, 5) is 0.108. The van der Waals surface area contributed by atoms with E-state index in [4.69, 9.17) is 17.0 Å². The molecule has 0 aliphatic carbocycles. The molecule has 0 saturated heterocycles. The van der Waals surface area contributed by atoms with Crippen molar-refractivity contribution in [1.29, 1.82) is 0 Å². The van der Waals surface area contributed by atoms with E-state index in [0.29, 0.717) is 28.8 Å². The predicted molar refractivity (Wildman–Crippen MR) is 109 cm³/mol. The number of hydrogen-bond acceptors (Lipinski definition) is 4. The highest BCUT2D eigenvalue weighted by Gasteiger charge is 2.17. The summed E-state index contributed by atoms with van der Waals surface area (Å²) in [5.41, 5.74) is 1.87. The maximum Gasteiger partial charge on any atom is 0.262 e. The highest BCUT2D eigenvalue weighted by atomic mass is 32.2. The Kier molecular flexibility index (Phi) is 6.59. The highest BCUT2D eigenvalue weighted by molar-refractivity contribution is 7.92. The number of thiocarbonyl (C=S) groups is 1. The molecule has 0 fully saturated rings. The number of benzene rings is 2. The molecule has 26 heavy (non-hydrogen) atoms. The van der Waals surface area contributed by atoms with E-state index in [1.807, 2.05) is 6.92 Å². The second-order valence-corrected chi connectivity index (χ2v) is 7.69. The Balaban J connectivity index is 2.17. The third kappa shape index (κ3) is 5.47. The number of ether oxygens (including phenoxy) is 1. The molecule has 0 saturated carbocycles. The highest BCUT2D eigenvalue weighted by Crippen LogP contribution is 2.26. The van der Waals surface area contributed by atoms with Gasteiger partial charge in [0.25, 0.3) is 10.0 Å². The van der Waals surface area contributed by atoms with Crippen molar-refractivity contribution in [2.45, 2.75) is 11.8 Å². The zero-order valence-corrected chi connectivity index (χ0v) is 16.2. The van der Waals surface area contributed by atoms with Crippen molar-refractivity contribution in [3.05, 3.63) is 60.7 Å². The van der Waals surface area contributed by atoms with E-state index in [-0.39, 0.29) is 4.90 Å². The molecule has 2 rings (SSSR count). The van der Waals surface area contributed by atoms with Gasteiger partial charge < -0.3 is 15.4 Å². The van der Waals surface area contributed by atoms with Crippen LogP contribution in [0.5, 0.6) is 5.75 Å². The summed E-state index contributed by atoms with van der Waals surface area (Å²) in [7, 11) is -2.30. The Morgan fingerprint density at radius 2 is 1.92 bits per heavy atom. The molecular weight excluding hydrogens is 370 g/mol. The first-order chi connectivity index (χ1) is 12.3. The first-order valence-corrected chi connectivity index (χ1v) is 9.66. The van der Waals surface area contributed by atoms with E-state index in [9.17, 15) is 8.42 Å². The second-order valence-electron chi connectivity index (χ2n) is 5.60. The molecule has 2 aromatic carbocycles. The van der Waals surface area contributed by atoms with Crippen molar-refractivity contribution in [2.75, 3.05) is 23.7 Å². The molecule has 3 N–H and O–H groups in total. The van der Waals surface area contributed by atoms with Crippen LogP contribution in [-0.2, 0) is 10.0 Å². The van der Waals surface area contributed by atoms with E-state index >= 15 is 0 Å². The largest absolute Gasteiger partial charge is 0.495 e. The zero-order chi connectivity index (χ0) is 19.2. The Hall–Kier alpha value is -2.58. The van der Waals surface area contributed by atoms with E-state index in [1.54, 1.807) is 36.4 Å². The first-order valence-electron chi connectivity index (χ1n) is 7.77.